The Morgan fingerprint density at radius 2 is 2.09 bits per heavy atom. The van der Waals surface area contributed by atoms with E-state index in [0.717, 1.165) is 6.08 Å². The summed E-state index contributed by atoms with van der Waals surface area (Å²) in [6.45, 7) is 1.35. The molecule has 1 unspecified atom stereocenters. The highest BCUT2D eigenvalue weighted by atomic mass is 19.4. The van der Waals surface area contributed by atoms with Crippen molar-refractivity contribution in [2.45, 2.75) is 19.1 Å². The van der Waals surface area contributed by atoms with Gasteiger partial charge in [-0.25, -0.2) is 0 Å². The molecule has 0 aromatic carbocycles. The molecule has 0 saturated heterocycles. The Hall–Kier alpha value is -1.00. The zero-order chi connectivity index (χ0) is 8.65. The lowest BCUT2D eigenvalue weighted by atomic mass is 10.2. The van der Waals surface area contributed by atoms with Crippen molar-refractivity contribution in [3.05, 3.63) is 11.6 Å². The van der Waals surface area contributed by atoms with Crippen LogP contribution in [-0.2, 0) is 4.79 Å². The largest absolute Gasteiger partial charge is 0.412 e. The number of hydrogen-bond donors (Lipinski definition) is 1. The molecule has 1 aliphatic heterocycles. The highest BCUT2D eigenvalue weighted by Crippen LogP contribution is 2.24. The van der Waals surface area contributed by atoms with Gasteiger partial charge in [-0.05, 0) is 13.0 Å². The number of hydrogen-bond acceptors (Lipinski definition) is 1. The van der Waals surface area contributed by atoms with Crippen molar-refractivity contribution in [2.24, 2.45) is 0 Å². The van der Waals surface area contributed by atoms with Gasteiger partial charge in [-0.1, -0.05) is 0 Å². The van der Waals surface area contributed by atoms with Crippen LogP contribution in [0.4, 0.5) is 13.2 Å². The third kappa shape index (κ3) is 1.53. The molecule has 62 valence electrons. The lowest BCUT2D eigenvalue weighted by Gasteiger charge is -2.12. The number of carbonyl (C=O) groups is 1. The number of alkyl halides is 3. The zero-order valence-corrected chi connectivity index (χ0v) is 5.70. The molecule has 1 rings (SSSR count). The fraction of sp³-hybridized carbons (Fsp3) is 0.500. The van der Waals surface area contributed by atoms with Gasteiger partial charge < -0.3 is 5.32 Å². The van der Waals surface area contributed by atoms with E-state index in [4.69, 9.17) is 0 Å². The van der Waals surface area contributed by atoms with Crippen LogP contribution in [-0.4, -0.2) is 18.1 Å². The first-order valence-corrected chi connectivity index (χ1v) is 2.97. The van der Waals surface area contributed by atoms with Gasteiger partial charge in [0, 0.05) is 5.57 Å². The van der Waals surface area contributed by atoms with Crippen molar-refractivity contribution in [2.75, 3.05) is 0 Å². The maximum atomic E-state index is 11.8. The van der Waals surface area contributed by atoms with Gasteiger partial charge in [-0.15, -0.1) is 0 Å². The van der Waals surface area contributed by atoms with Crippen molar-refractivity contribution in [3.8, 4) is 0 Å². The van der Waals surface area contributed by atoms with Gasteiger partial charge in [0.1, 0.15) is 6.04 Å². The Kier molecular flexibility index (Phi) is 1.66. The zero-order valence-electron chi connectivity index (χ0n) is 5.70. The minimum Gasteiger partial charge on any atom is -0.337 e. The minimum atomic E-state index is -4.37. The number of carbonyl (C=O) groups excluding carboxylic acids is 1. The summed E-state index contributed by atoms with van der Waals surface area (Å²) in [5, 5.41) is 1.79. The van der Waals surface area contributed by atoms with Gasteiger partial charge >= 0.3 is 6.18 Å². The van der Waals surface area contributed by atoms with Gasteiger partial charge in [-0.2, -0.15) is 13.2 Å². The van der Waals surface area contributed by atoms with Crippen LogP contribution in [0.3, 0.4) is 0 Å². The molecule has 0 aromatic rings. The lowest BCUT2D eigenvalue weighted by molar-refractivity contribution is -0.148. The number of nitrogens with one attached hydrogen (secondary N) is 1. The maximum absolute atomic E-state index is 11.8. The topological polar surface area (TPSA) is 29.1 Å². The molecule has 1 heterocycles. The van der Waals surface area contributed by atoms with E-state index < -0.39 is 18.1 Å². The standard InChI is InChI=1S/C6H6F3NO/c1-3-2-4(6(7,8)9)10-5(3)11/h2,4H,1H3,(H,10,11). The first-order chi connectivity index (χ1) is 4.91. The van der Waals surface area contributed by atoms with Crippen LogP contribution < -0.4 is 5.32 Å². The molecular weight excluding hydrogens is 159 g/mol. The van der Waals surface area contributed by atoms with E-state index in [0.29, 0.717) is 0 Å². The van der Waals surface area contributed by atoms with E-state index in [1.54, 1.807) is 5.32 Å². The quantitative estimate of drug-likeness (QED) is 0.569. The van der Waals surface area contributed by atoms with E-state index in [1.165, 1.54) is 6.92 Å². The second-order valence-corrected chi connectivity index (χ2v) is 2.34. The Bertz CT molecular complexity index is 218. The molecule has 0 aliphatic carbocycles. The molecular formula is C6H6F3NO. The molecule has 0 bridgehead atoms. The molecule has 5 heteroatoms. The second-order valence-electron chi connectivity index (χ2n) is 2.34. The van der Waals surface area contributed by atoms with Gasteiger partial charge in [-0.3, -0.25) is 4.79 Å². The highest BCUT2D eigenvalue weighted by molar-refractivity contribution is 5.95. The lowest BCUT2D eigenvalue weighted by Crippen LogP contribution is -2.39. The maximum Gasteiger partial charge on any atom is 0.412 e. The summed E-state index contributed by atoms with van der Waals surface area (Å²) in [5.41, 5.74) is 0.118. The van der Waals surface area contributed by atoms with Crippen LogP contribution in [0, 0.1) is 0 Å². The molecule has 0 radical (unpaired) electrons. The van der Waals surface area contributed by atoms with Crippen LogP contribution in [0.1, 0.15) is 6.92 Å². The number of halogens is 3. The Balaban J connectivity index is 2.76. The summed E-state index contributed by atoms with van der Waals surface area (Å²) in [7, 11) is 0. The summed E-state index contributed by atoms with van der Waals surface area (Å²) in [5.74, 6) is -0.646. The van der Waals surface area contributed by atoms with Crippen molar-refractivity contribution >= 4 is 5.91 Å². The van der Waals surface area contributed by atoms with Gasteiger partial charge in [0.2, 0.25) is 5.91 Å². The summed E-state index contributed by atoms with van der Waals surface area (Å²) < 4.78 is 35.5. The van der Waals surface area contributed by atoms with Crippen LogP contribution in [0.5, 0.6) is 0 Å². The smallest absolute Gasteiger partial charge is 0.337 e. The monoisotopic (exact) mass is 165 g/mol. The molecule has 1 amide bonds. The second kappa shape index (κ2) is 2.25. The van der Waals surface area contributed by atoms with Crippen molar-refractivity contribution in [1.29, 1.82) is 0 Å². The molecule has 0 fully saturated rings. The third-order valence-electron chi connectivity index (χ3n) is 1.41. The van der Waals surface area contributed by atoms with Crippen LogP contribution >= 0.6 is 0 Å². The normalized spacial score (nSPS) is 24.9. The van der Waals surface area contributed by atoms with Crippen molar-refractivity contribution < 1.29 is 18.0 Å². The highest BCUT2D eigenvalue weighted by Gasteiger charge is 2.42. The Labute approximate surface area is 61.1 Å². The average molecular weight is 165 g/mol. The van der Waals surface area contributed by atoms with Gasteiger partial charge in [0.25, 0.3) is 0 Å². The van der Waals surface area contributed by atoms with Crippen LogP contribution in [0.15, 0.2) is 11.6 Å². The molecule has 11 heavy (non-hydrogen) atoms. The average Bonchev–Trinajstić information content (AvgIpc) is 2.11. The fourth-order valence-corrected chi connectivity index (χ4v) is 0.799. The van der Waals surface area contributed by atoms with Gasteiger partial charge in [0.05, 0.1) is 0 Å². The summed E-state index contributed by atoms with van der Waals surface area (Å²) >= 11 is 0. The van der Waals surface area contributed by atoms with Crippen molar-refractivity contribution in [1.82, 2.24) is 5.32 Å². The summed E-state index contributed by atoms with van der Waals surface area (Å²) in [6.07, 6.45) is -3.49. The van der Waals surface area contributed by atoms with E-state index in [9.17, 15) is 18.0 Å². The molecule has 2 nitrogen and oxygen atoms in total. The molecule has 1 aliphatic rings. The number of amides is 1. The van der Waals surface area contributed by atoms with E-state index in [1.807, 2.05) is 0 Å². The molecule has 0 spiro atoms. The fourth-order valence-electron chi connectivity index (χ4n) is 0.799. The SMILES string of the molecule is CC1=CC(C(F)(F)F)NC1=O. The number of rotatable bonds is 0. The Morgan fingerprint density at radius 1 is 1.55 bits per heavy atom. The Morgan fingerprint density at radius 3 is 2.27 bits per heavy atom. The van der Waals surface area contributed by atoms with Crippen molar-refractivity contribution in [3.63, 3.8) is 0 Å². The van der Waals surface area contributed by atoms with Gasteiger partial charge in [0.15, 0.2) is 0 Å². The summed E-state index contributed by atoms with van der Waals surface area (Å²) in [6, 6.07) is -1.80. The predicted octanol–water partition coefficient (Wildman–Crippen LogP) is 0.993. The minimum absolute atomic E-state index is 0.118. The van der Waals surface area contributed by atoms with Crippen LogP contribution in [0.25, 0.3) is 0 Å². The van der Waals surface area contributed by atoms with Crippen LogP contribution in [0.2, 0.25) is 0 Å². The predicted molar refractivity (Wildman–Crippen MR) is 31.7 cm³/mol. The van der Waals surface area contributed by atoms with E-state index >= 15 is 0 Å². The molecule has 1 atom stereocenters. The first-order valence-electron chi connectivity index (χ1n) is 2.97. The molecule has 1 N–H and O–H groups in total. The van der Waals surface area contributed by atoms with E-state index in [2.05, 4.69) is 0 Å². The van der Waals surface area contributed by atoms with E-state index in [-0.39, 0.29) is 5.57 Å². The molecule has 0 aromatic heterocycles. The third-order valence-corrected chi connectivity index (χ3v) is 1.41. The first kappa shape index (κ1) is 8.10. The molecule has 0 saturated carbocycles. The summed E-state index contributed by atoms with van der Waals surface area (Å²) in [4.78, 5) is 10.6.